The van der Waals surface area contributed by atoms with Crippen molar-refractivity contribution >= 4 is 27.8 Å². The molecule has 3 rings (SSSR count). The highest BCUT2D eigenvalue weighted by molar-refractivity contribution is 6.10. The molecule has 0 aliphatic carbocycles. The van der Waals surface area contributed by atoms with Crippen LogP contribution in [0, 0.1) is 0 Å². The monoisotopic (exact) mass is 241 g/mol. The number of aryl methyl sites for hydroxylation is 1. The molecule has 0 saturated heterocycles. The Bertz CT molecular complexity index is 786. The largest absolute Gasteiger partial charge is 0.507 e. The Balaban J connectivity index is 2.54. The number of rotatable bonds is 1. The molecular formula is C14H11NO3. The molecule has 0 bridgehead atoms. The van der Waals surface area contributed by atoms with Crippen molar-refractivity contribution < 1.29 is 15.0 Å². The van der Waals surface area contributed by atoms with Crippen LogP contribution in [0.15, 0.2) is 36.4 Å². The number of hydrogen-bond acceptors (Lipinski definition) is 2. The van der Waals surface area contributed by atoms with Gasteiger partial charge in [-0.15, -0.1) is 0 Å². The minimum absolute atomic E-state index is 0.0705. The van der Waals surface area contributed by atoms with Crippen molar-refractivity contribution in [2.24, 2.45) is 7.05 Å². The zero-order chi connectivity index (χ0) is 12.9. The summed E-state index contributed by atoms with van der Waals surface area (Å²) in [4.78, 5) is 11.0. The second-order valence-electron chi connectivity index (χ2n) is 4.27. The fourth-order valence-corrected chi connectivity index (χ4v) is 2.37. The molecule has 1 heterocycles. The summed E-state index contributed by atoms with van der Waals surface area (Å²) in [7, 11) is 1.89. The van der Waals surface area contributed by atoms with Gasteiger partial charge < -0.3 is 14.8 Å². The van der Waals surface area contributed by atoms with Crippen molar-refractivity contribution in [3.63, 3.8) is 0 Å². The number of phenols is 1. The van der Waals surface area contributed by atoms with Gasteiger partial charge in [0.25, 0.3) is 0 Å². The normalized spacial score (nSPS) is 11.2. The predicted octanol–water partition coefficient (Wildman–Crippen LogP) is 2.74. The topological polar surface area (TPSA) is 62.5 Å². The van der Waals surface area contributed by atoms with Crippen LogP contribution in [0.25, 0.3) is 21.8 Å². The van der Waals surface area contributed by atoms with Crippen LogP contribution in [0.4, 0.5) is 0 Å². The number of carbonyl (C=O) groups is 1. The predicted molar refractivity (Wildman–Crippen MR) is 69.0 cm³/mol. The number of aromatic nitrogens is 1. The quantitative estimate of drug-likeness (QED) is 0.688. The zero-order valence-corrected chi connectivity index (χ0v) is 9.71. The Labute approximate surface area is 103 Å². The van der Waals surface area contributed by atoms with Gasteiger partial charge in [-0.25, -0.2) is 4.79 Å². The second-order valence-corrected chi connectivity index (χ2v) is 4.27. The first-order chi connectivity index (χ1) is 8.59. The van der Waals surface area contributed by atoms with E-state index in [9.17, 15) is 9.90 Å². The first-order valence-corrected chi connectivity index (χ1v) is 5.53. The van der Waals surface area contributed by atoms with Crippen LogP contribution in [0.3, 0.4) is 0 Å². The maximum Gasteiger partial charge on any atom is 0.339 e. The molecule has 18 heavy (non-hydrogen) atoms. The maximum atomic E-state index is 11.0. The highest BCUT2D eigenvalue weighted by Crippen LogP contribution is 2.32. The summed E-state index contributed by atoms with van der Waals surface area (Å²) in [5.41, 5.74) is 1.76. The van der Waals surface area contributed by atoms with Gasteiger partial charge in [-0.2, -0.15) is 0 Å². The summed E-state index contributed by atoms with van der Waals surface area (Å²) in [6, 6.07) is 10.8. The van der Waals surface area contributed by atoms with E-state index >= 15 is 0 Å². The third-order valence-corrected chi connectivity index (χ3v) is 3.26. The molecule has 0 fully saturated rings. The fourth-order valence-electron chi connectivity index (χ4n) is 2.37. The van der Waals surface area contributed by atoms with E-state index in [-0.39, 0.29) is 11.3 Å². The number of fused-ring (bicyclic) bond motifs is 3. The van der Waals surface area contributed by atoms with Gasteiger partial charge >= 0.3 is 5.97 Å². The molecule has 90 valence electrons. The first-order valence-electron chi connectivity index (χ1n) is 5.53. The van der Waals surface area contributed by atoms with Gasteiger partial charge in [-0.1, -0.05) is 18.2 Å². The van der Waals surface area contributed by atoms with Crippen LogP contribution in [0.2, 0.25) is 0 Å². The molecule has 0 saturated carbocycles. The lowest BCUT2D eigenvalue weighted by atomic mass is 10.1. The molecule has 2 N–H and O–H groups in total. The van der Waals surface area contributed by atoms with E-state index in [0.29, 0.717) is 0 Å². The number of aromatic hydroxyl groups is 1. The SMILES string of the molecule is Cn1c2ccccc2c2cc(C(=O)O)c(O)cc21. The van der Waals surface area contributed by atoms with Gasteiger partial charge in [-0.05, 0) is 12.1 Å². The average Bonchev–Trinajstić information content (AvgIpc) is 2.62. The minimum atomic E-state index is -1.12. The average molecular weight is 241 g/mol. The van der Waals surface area contributed by atoms with Crippen molar-refractivity contribution in [1.82, 2.24) is 4.57 Å². The number of hydrogen-bond donors (Lipinski definition) is 2. The number of carboxylic acid groups (broad SMARTS) is 1. The molecule has 4 nitrogen and oxygen atoms in total. The molecule has 3 aromatic rings. The Kier molecular flexibility index (Phi) is 2.07. The molecule has 0 aliphatic rings. The Morgan fingerprint density at radius 1 is 1.11 bits per heavy atom. The van der Waals surface area contributed by atoms with Gasteiger partial charge in [0.1, 0.15) is 11.3 Å². The van der Waals surface area contributed by atoms with E-state index in [2.05, 4.69) is 0 Å². The van der Waals surface area contributed by atoms with Crippen LogP contribution >= 0.6 is 0 Å². The van der Waals surface area contributed by atoms with Gasteiger partial charge in [-0.3, -0.25) is 0 Å². The first kappa shape index (κ1) is 10.7. The third-order valence-electron chi connectivity index (χ3n) is 3.26. The van der Waals surface area contributed by atoms with Crippen LogP contribution in [0.1, 0.15) is 10.4 Å². The lowest BCUT2D eigenvalue weighted by Crippen LogP contribution is -1.96. The second kappa shape index (κ2) is 3.50. The van der Waals surface area contributed by atoms with Gasteiger partial charge in [0.05, 0.1) is 5.52 Å². The smallest absolute Gasteiger partial charge is 0.339 e. The van der Waals surface area contributed by atoms with Crippen LogP contribution in [0.5, 0.6) is 5.75 Å². The molecule has 0 unspecified atom stereocenters. The standard InChI is InChI=1S/C14H11NO3/c1-15-11-5-3-2-4-8(11)9-6-10(14(17)18)13(16)7-12(9)15/h2-7,16H,1H3,(H,17,18). The van der Waals surface area contributed by atoms with Crippen LogP contribution in [-0.2, 0) is 7.05 Å². The molecule has 2 aromatic carbocycles. The number of para-hydroxylation sites is 1. The molecule has 1 aromatic heterocycles. The van der Waals surface area contributed by atoms with Crippen molar-refractivity contribution in [1.29, 1.82) is 0 Å². The zero-order valence-electron chi connectivity index (χ0n) is 9.71. The van der Waals surface area contributed by atoms with Gasteiger partial charge in [0, 0.05) is 29.4 Å². The van der Waals surface area contributed by atoms with E-state index in [1.807, 2.05) is 35.9 Å². The van der Waals surface area contributed by atoms with Crippen molar-refractivity contribution in [2.45, 2.75) is 0 Å². The highest BCUT2D eigenvalue weighted by atomic mass is 16.4. The van der Waals surface area contributed by atoms with E-state index in [1.165, 1.54) is 12.1 Å². The molecule has 0 radical (unpaired) electrons. The van der Waals surface area contributed by atoms with Crippen LogP contribution < -0.4 is 0 Å². The lowest BCUT2D eigenvalue weighted by molar-refractivity contribution is 0.0694. The third kappa shape index (κ3) is 1.29. The highest BCUT2D eigenvalue weighted by Gasteiger charge is 2.15. The van der Waals surface area contributed by atoms with Crippen molar-refractivity contribution in [3.8, 4) is 5.75 Å². The summed E-state index contributed by atoms with van der Waals surface area (Å²) < 4.78 is 1.94. The summed E-state index contributed by atoms with van der Waals surface area (Å²) in [5, 5.41) is 20.6. The Morgan fingerprint density at radius 3 is 2.56 bits per heavy atom. The van der Waals surface area contributed by atoms with E-state index in [4.69, 9.17) is 5.11 Å². The molecule has 0 atom stereocenters. The summed E-state index contributed by atoms with van der Waals surface area (Å²) in [5.74, 6) is -1.33. The number of carboxylic acids is 1. The molecule has 0 spiro atoms. The van der Waals surface area contributed by atoms with E-state index in [1.54, 1.807) is 0 Å². The number of benzene rings is 2. The van der Waals surface area contributed by atoms with Crippen molar-refractivity contribution in [2.75, 3.05) is 0 Å². The molecule has 0 aliphatic heterocycles. The summed E-state index contributed by atoms with van der Waals surface area (Å²) in [6.07, 6.45) is 0. The van der Waals surface area contributed by atoms with E-state index in [0.717, 1.165) is 21.8 Å². The fraction of sp³-hybridized carbons (Fsp3) is 0.0714. The molecular weight excluding hydrogens is 230 g/mol. The summed E-state index contributed by atoms with van der Waals surface area (Å²) in [6.45, 7) is 0. The van der Waals surface area contributed by atoms with E-state index < -0.39 is 5.97 Å². The minimum Gasteiger partial charge on any atom is -0.507 e. The number of nitrogens with zero attached hydrogens (tertiary/aromatic N) is 1. The maximum absolute atomic E-state index is 11.0. The van der Waals surface area contributed by atoms with Crippen molar-refractivity contribution in [3.05, 3.63) is 42.0 Å². The Morgan fingerprint density at radius 2 is 1.83 bits per heavy atom. The molecule has 4 heteroatoms. The summed E-state index contributed by atoms with van der Waals surface area (Å²) >= 11 is 0. The van der Waals surface area contributed by atoms with Crippen LogP contribution in [-0.4, -0.2) is 20.7 Å². The van der Waals surface area contributed by atoms with Gasteiger partial charge in [0.2, 0.25) is 0 Å². The number of aromatic carboxylic acids is 1. The molecule has 0 amide bonds. The lowest BCUT2D eigenvalue weighted by Gasteiger charge is -2.01. The Hall–Kier alpha value is -2.49. The van der Waals surface area contributed by atoms with Gasteiger partial charge in [0.15, 0.2) is 0 Å².